The lowest BCUT2D eigenvalue weighted by atomic mass is 10.0. The van der Waals surface area contributed by atoms with Gasteiger partial charge in [0.1, 0.15) is 0 Å². The average Bonchev–Trinajstić information content (AvgIpc) is 2.13. The van der Waals surface area contributed by atoms with Crippen molar-refractivity contribution in [2.45, 2.75) is 46.1 Å². The largest absolute Gasteiger partial charge is 0.395 e. The molecule has 0 unspecified atom stereocenters. The molecule has 74 valence electrons. The maximum absolute atomic E-state index is 8.92. The van der Waals surface area contributed by atoms with Crippen LogP contribution in [0.25, 0.3) is 0 Å². The minimum atomic E-state index is 0.261. The Bertz CT molecular complexity index is 75.8. The van der Waals surface area contributed by atoms with Crippen LogP contribution in [0.2, 0.25) is 0 Å². The van der Waals surface area contributed by atoms with Gasteiger partial charge in [-0.3, -0.25) is 0 Å². The summed E-state index contributed by atoms with van der Waals surface area (Å²) < 4.78 is 0. The molecule has 2 nitrogen and oxygen atoms in total. The summed E-state index contributed by atoms with van der Waals surface area (Å²) in [5.74, 6) is 0.769. The van der Waals surface area contributed by atoms with Gasteiger partial charge in [-0.25, -0.2) is 0 Å². The standard InChI is InChI=1S/C10H23NO/c1-4-9(5-2)7-11-10(6-3)8-12/h9-12H,4-8H2,1-3H3/t10-/m0/s1. The van der Waals surface area contributed by atoms with Gasteiger partial charge in [-0.05, 0) is 18.9 Å². The van der Waals surface area contributed by atoms with Gasteiger partial charge in [-0.15, -0.1) is 0 Å². The normalized spacial score (nSPS) is 13.8. The lowest BCUT2D eigenvalue weighted by Crippen LogP contribution is -2.35. The summed E-state index contributed by atoms with van der Waals surface area (Å²) in [7, 11) is 0. The van der Waals surface area contributed by atoms with E-state index in [0.29, 0.717) is 6.04 Å². The molecule has 0 aliphatic rings. The third-order valence-corrected chi connectivity index (χ3v) is 2.56. The summed E-state index contributed by atoms with van der Waals surface area (Å²) in [6.07, 6.45) is 3.47. The number of aliphatic hydroxyl groups is 1. The molecule has 0 aliphatic carbocycles. The monoisotopic (exact) mass is 173 g/mol. The van der Waals surface area contributed by atoms with E-state index in [-0.39, 0.29) is 6.61 Å². The van der Waals surface area contributed by atoms with Gasteiger partial charge in [-0.2, -0.15) is 0 Å². The van der Waals surface area contributed by atoms with E-state index < -0.39 is 0 Å². The number of aliphatic hydroxyl groups excluding tert-OH is 1. The maximum Gasteiger partial charge on any atom is 0.0584 e. The molecule has 0 heterocycles. The van der Waals surface area contributed by atoms with E-state index in [1.54, 1.807) is 0 Å². The molecule has 0 spiro atoms. The molecule has 0 aromatic rings. The summed E-state index contributed by atoms with van der Waals surface area (Å²) in [5.41, 5.74) is 0. The highest BCUT2D eigenvalue weighted by Crippen LogP contribution is 2.05. The molecular formula is C10H23NO. The Morgan fingerprint density at radius 1 is 1.08 bits per heavy atom. The molecule has 0 aromatic carbocycles. The van der Waals surface area contributed by atoms with Crippen molar-refractivity contribution >= 4 is 0 Å². The fraction of sp³-hybridized carbons (Fsp3) is 1.00. The van der Waals surface area contributed by atoms with Gasteiger partial charge in [0.2, 0.25) is 0 Å². The quantitative estimate of drug-likeness (QED) is 0.615. The van der Waals surface area contributed by atoms with Crippen LogP contribution in [0.3, 0.4) is 0 Å². The van der Waals surface area contributed by atoms with Gasteiger partial charge in [0.15, 0.2) is 0 Å². The fourth-order valence-electron chi connectivity index (χ4n) is 1.25. The van der Waals surface area contributed by atoms with E-state index in [0.717, 1.165) is 18.9 Å². The SMILES string of the molecule is CCC(CC)CN[C@@H](CC)CO. The van der Waals surface area contributed by atoms with Crippen LogP contribution in [-0.4, -0.2) is 24.3 Å². The maximum atomic E-state index is 8.92. The van der Waals surface area contributed by atoms with Crippen molar-refractivity contribution in [2.75, 3.05) is 13.2 Å². The second-order valence-corrected chi connectivity index (χ2v) is 3.38. The second-order valence-electron chi connectivity index (χ2n) is 3.38. The van der Waals surface area contributed by atoms with Crippen molar-refractivity contribution in [3.8, 4) is 0 Å². The third kappa shape index (κ3) is 4.73. The molecule has 0 aromatic heterocycles. The van der Waals surface area contributed by atoms with Crippen LogP contribution in [0, 0.1) is 5.92 Å². The van der Waals surface area contributed by atoms with E-state index in [1.807, 2.05) is 0 Å². The molecule has 0 radical (unpaired) electrons. The van der Waals surface area contributed by atoms with Gasteiger partial charge in [0.05, 0.1) is 6.61 Å². The molecular weight excluding hydrogens is 150 g/mol. The summed E-state index contributed by atoms with van der Waals surface area (Å²) in [4.78, 5) is 0. The molecule has 0 bridgehead atoms. The van der Waals surface area contributed by atoms with Crippen LogP contribution in [0.4, 0.5) is 0 Å². The lowest BCUT2D eigenvalue weighted by Gasteiger charge is -2.18. The lowest BCUT2D eigenvalue weighted by molar-refractivity contribution is 0.232. The Hall–Kier alpha value is -0.0800. The molecule has 0 saturated heterocycles. The molecule has 0 fully saturated rings. The number of nitrogens with one attached hydrogen (secondary N) is 1. The highest BCUT2D eigenvalue weighted by molar-refractivity contribution is 4.66. The molecule has 0 amide bonds. The van der Waals surface area contributed by atoms with E-state index in [4.69, 9.17) is 5.11 Å². The average molecular weight is 173 g/mol. The number of hydrogen-bond acceptors (Lipinski definition) is 2. The molecule has 2 N–H and O–H groups in total. The summed E-state index contributed by atoms with van der Waals surface area (Å²) in [6, 6.07) is 0.297. The topological polar surface area (TPSA) is 32.3 Å². The zero-order valence-electron chi connectivity index (χ0n) is 8.64. The van der Waals surface area contributed by atoms with Crippen molar-refractivity contribution in [3.05, 3.63) is 0 Å². The Labute approximate surface area is 76.4 Å². The number of hydrogen-bond donors (Lipinski definition) is 2. The Kier molecular flexibility index (Phi) is 7.51. The predicted octanol–water partition coefficient (Wildman–Crippen LogP) is 1.78. The zero-order valence-corrected chi connectivity index (χ0v) is 8.64. The van der Waals surface area contributed by atoms with Crippen LogP contribution in [0.1, 0.15) is 40.0 Å². The van der Waals surface area contributed by atoms with E-state index in [1.165, 1.54) is 12.8 Å². The van der Waals surface area contributed by atoms with Crippen LogP contribution in [0.15, 0.2) is 0 Å². The van der Waals surface area contributed by atoms with Crippen molar-refractivity contribution in [2.24, 2.45) is 5.92 Å². The van der Waals surface area contributed by atoms with E-state index in [9.17, 15) is 0 Å². The van der Waals surface area contributed by atoms with Crippen LogP contribution < -0.4 is 5.32 Å². The first-order valence-corrected chi connectivity index (χ1v) is 5.12. The minimum absolute atomic E-state index is 0.261. The molecule has 0 rings (SSSR count). The van der Waals surface area contributed by atoms with Gasteiger partial charge < -0.3 is 10.4 Å². The Morgan fingerprint density at radius 3 is 2.00 bits per heavy atom. The first-order chi connectivity index (χ1) is 5.78. The summed E-state index contributed by atoms with van der Waals surface area (Å²) in [5, 5.41) is 12.3. The van der Waals surface area contributed by atoms with Gasteiger partial charge in [0.25, 0.3) is 0 Å². The second kappa shape index (κ2) is 7.56. The van der Waals surface area contributed by atoms with Crippen LogP contribution >= 0.6 is 0 Å². The third-order valence-electron chi connectivity index (χ3n) is 2.56. The number of rotatable bonds is 7. The van der Waals surface area contributed by atoms with Gasteiger partial charge in [0, 0.05) is 6.04 Å². The Balaban J connectivity index is 3.49. The highest BCUT2D eigenvalue weighted by atomic mass is 16.3. The highest BCUT2D eigenvalue weighted by Gasteiger charge is 2.07. The first-order valence-electron chi connectivity index (χ1n) is 5.12. The Morgan fingerprint density at radius 2 is 1.67 bits per heavy atom. The molecule has 0 aliphatic heterocycles. The van der Waals surface area contributed by atoms with Crippen LogP contribution in [-0.2, 0) is 0 Å². The van der Waals surface area contributed by atoms with Crippen molar-refractivity contribution in [1.29, 1.82) is 0 Å². The first kappa shape index (κ1) is 11.9. The van der Waals surface area contributed by atoms with Crippen molar-refractivity contribution in [1.82, 2.24) is 5.32 Å². The van der Waals surface area contributed by atoms with E-state index in [2.05, 4.69) is 26.1 Å². The zero-order chi connectivity index (χ0) is 9.40. The van der Waals surface area contributed by atoms with Crippen LogP contribution in [0.5, 0.6) is 0 Å². The minimum Gasteiger partial charge on any atom is -0.395 e. The fourth-order valence-corrected chi connectivity index (χ4v) is 1.25. The van der Waals surface area contributed by atoms with Crippen molar-refractivity contribution < 1.29 is 5.11 Å². The summed E-state index contributed by atoms with van der Waals surface area (Å²) in [6.45, 7) is 7.84. The smallest absolute Gasteiger partial charge is 0.0584 e. The molecule has 0 saturated carbocycles. The molecule has 2 heteroatoms. The van der Waals surface area contributed by atoms with Gasteiger partial charge in [-0.1, -0.05) is 33.6 Å². The predicted molar refractivity (Wildman–Crippen MR) is 53.2 cm³/mol. The summed E-state index contributed by atoms with van der Waals surface area (Å²) >= 11 is 0. The van der Waals surface area contributed by atoms with E-state index >= 15 is 0 Å². The molecule has 1 atom stereocenters. The van der Waals surface area contributed by atoms with Crippen molar-refractivity contribution in [3.63, 3.8) is 0 Å². The van der Waals surface area contributed by atoms with Gasteiger partial charge >= 0.3 is 0 Å². The molecule has 12 heavy (non-hydrogen) atoms.